The molecule has 130 valence electrons. The Bertz CT molecular complexity index is 651. The van der Waals surface area contributed by atoms with Gasteiger partial charge >= 0.3 is 5.97 Å². The SMILES string of the molecule is CC(=O)O[C@H]1CC[C@@]23C[C@@]2(C=C[C@@H]2[C@@H]3CC[C@]3(C)C(=O)CC[C@@H]23)C1. The van der Waals surface area contributed by atoms with Crippen LogP contribution in [0.25, 0.3) is 0 Å². The van der Waals surface area contributed by atoms with E-state index in [4.69, 9.17) is 4.74 Å². The Hall–Kier alpha value is -1.12. The van der Waals surface area contributed by atoms with Crippen LogP contribution in [0.4, 0.5) is 0 Å². The van der Waals surface area contributed by atoms with Gasteiger partial charge in [-0.05, 0) is 73.5 Å². The molecule has 0 aliphatic heterocycles. The molecule has 24 heavy (non-hydrogen) atoms. The van der Waals surface area contributed by atoms with E-state index in [0.717, 1.165) is 38.0 Å². The maximum atomic E-state index is 12.4. The van der Waals surface area contributed by atoms with Crippen molar-refractivity contribution in [2.75, 3.05) is 0 Å². The van der Waals surface area contributed by atoms with Crippen molar-refractivity contribution < 1.29 is 14.3 Å². The van der Waals surface area contributed by atoms with Crippen molar-refractivity contribution in [1.82, 2.24) is 0 Å². The minimum absolute atomic E-state index is 0.0496. The van der Waals surface area contributed by atoms with E-state index >= 15 is 0 Å². The lowest BCUT2D eigenvalue weighted by Gasteiger charge is -2.52. The molecule has 3 heteroatoms. The van der Waals surface area contributed by atoms with Crippen molar-refractivity contribution >= 4 is 11.8 Å². The lowest BCUT2D eigenvalue weighted by Crippen LogP contribution is -2.47. The van der Waals surface area contributed by atoms with Crippen molar-refractivity contribution in [2.45, 2.75) is 71.3 Å². The van der Waals surface area contributed by atoms with Gasteiger partial charge in [-0.3, -0.25) is 9.59 Å². The quantitative estimate of drug-likeness (QED) is 0.538. The number of ether oxygens (including phenoxy) is 1. The van der Waals surface area contributed by atoms with E-state index in [1.165, 1.54) is 26.2 Å². The molecule has 0 saturated heterocycles. The summed E-state index contributed by atoms with van der Waals surface area (Å²) in [5.41, 5.74) is 0.699. The van der Waals surface area contributed by atoms with Crippen LogP contribution in [0.3, 0.4) is 0 Å². The number of carbonyl (C=O) groups is 2. The van der Waals surface area contributed by atoms with E-state index in [1.54, 1.807) is 0 Å². The van der Waals surface area contributed by atoms with Gasteiger partial charge in [-0.15, -0.1) is 0 Å². The smallest absolute Gasteiger partial charge is 0.302 e. The Balaban J connectivity index is 1.44. The molecular weight excluding hydrogens is 300 g/mol. The van der Waals surface area contributed by atoms with Gasteiger partial charge in [-0.25, -0.2) is 0 Å². The molecule has 5 rings (SSSR count). The third-order valence-corrected chi connectivity index (χ3v) is 8.72. The van der Waals surface area contributed by atoms with Crippen LogP contribution in [0.5, 0.6) is 0 Å². The van der Waals surface area contributed by atoms with Crippen LogP contribution >= 0.6 is 0 Å². The van der Waals surface area contributed by atoms with E-state index in [1.807, 2.05) is 0 Å². The van der Waals surface area contributed by atoms with Crippen LogP contribution in [-0.2, 0) is 14.3 Å². The Morgan fingerprint density at radius 2 is 2.04 bits per heavy atom. The van der Waals surface area contributed by atoms with E-state index < -0.39 is 0 Å². The Labute approximate surface area is 144 Å². The van der Waals surface area contributed by atoms with Crippen LogP contribution in [0.15, 0.2) is 12.2 Å². The fraction of sp³-hybridized carbons (Fsp3) is 0.810. The molecule has 0 bridgehead atoms. The van der Waals surface area contributed by atoms with Gasteiger partial charge in [0.15, 0.2) is 0 Å². The van der Waals surface area contributed by atoms with E-state index in [9.17, 15) is 9.59 Å². The largest absolute Gasteiger partial charge is 0.463 e. The van der Waals surface area contributed by atoms with Gasteiger partial charge in [0, 0.05) is 18.8 Å². The number of carbonyl (C=O) groups excluding carboxylic acids is 2. The molecule has 0 aromatic heterocycles. The molecule has 0 spiro atoms. The molecule has 4 saturated carbocycles. The second-order valence-corrected chi connectivity index (χ2v) is 9.53. The molecule has 4 fully saturated rings. The van der Waals surface area contributed by atoms with Gasteiger partial charge in [0.2, 0.25) is 0 Å². The highest BCUT2D eigenvalue weighted by Crippen LogP contribution is 2.81. The number of esters is 1. The Kier molecular flexibility index (Phi) is 2.86. The van der Waals surface area contributed by atoms with Crippen molar-refractivity contribution in [3.63, 3.8) is 0 Å². The second-order valence-electron chi connectivity index (χ2n) is 9.53. The van der Waals surface area contributed by atoms with Crippen LogP contribution < -0.4 is 0 Å². The van der Waals surface area contributed by atoms with Gasteiger partial charge in [-0.1, -0.05) is 19.1 Å². The summed E-state index contributed by atoms with van der Waals surface area (Å²) in [6.45, 7) is 3.76. The summed E-state index contributed by atoms with van der Waals surface area (Å²) in [5.74, 6) is 2.31. The maximum absolute atomic E-state index is 12.4. The van der Waals surface area contributed by atoms with Crippen LogP contribution in [0, 0.1) is 34.0 Å². The fourth-order valence-corrected chi connectivity index (χ4v) is 7.55. The van der Waals surface area contributed by atoms with Crippen molar-refractivity contribution in [1.29, 1.82) is 0 Å². The molecule has 0 radical (unpaired) electrons. The van der Waals surface area contributed by atoms with Gasteiger partial charge < -0.3 is 4.74 Å². The van der Waals surface area contributed by atoms with Gasteiger partial charge in [0.25, 0.3) is 0 Å². The number of allylic oxidation sites excluding steroid dienone is 2. The first-order valence-corrected chi connectivity index (χ1v) is 9.80. The lowest BCUT2D eigenvalue weighted by molar-refractivity contribution is -0.149. The Morgan fingerprint density at radius 1 is 1.21 bits per heavy atom. The number of ketones is 1. The van der Waals surface area contributed by atoms with E-state index in [0.29, 0.717) is 28.4 Å². The number of hydrogen-bond donors (Lipinski definition) is 0. The van der Waals surface area contributed by atoms with Crippen LogP contribution in [-0.4, -0.2) is 17.9 Å². The highest BCUT2D eigenvalue weighted by molar-refractivity contribution is 5.87. The highest BCUT2D eigenvalue weighted by Gasteiger charge is 2.74. The minimum Gasteiger partial charge on any atom is -0.463 e. The third kappa shape index (κ3) is 1.69. The highest BCUT2D eigenvalue weighted by atomic mass is 16.5. The topological polar surface area (TPSA) is 43.4 Å². The van der Waals surface area contributed by atoms with Crippen LogP contribution in [0.1, 0.15) is 65.2 Å². The molecule has 0 N–H and O–H groups in total. The monoisotopic (exact) mass is 328 g/mol. The first-order chi connectivity index (χ1) is 11.4. The summed E-state index contributed by atoms with van der Waals surface area (Å²) in [5, 5.41) is 0. The number of Topliss-reactive ketones (excluding diaryl/α,β-unsaturated/α-hetero) is 1. The summed E-state index contributed by atoms with van der Waals surface area (Å²) >= 11 is 0. The van der Waals surface area contributed by atoms with Gasteiger partial charge in [-0.2, -0.15) is 0 Å². The van der Waals surface area contributed by atoms with Gasteiger partial charge in [0.1, 0.15) is 11.9 Å². The lowest BCUT2D eigenvalue weighted by atomic mass is 9.52. The molecule has 0 aromatic carbocycles. The fourth-order valence-electron chi connectivity index (χ4n) is 7.55. The van der Waals surface area contributed by atoms with E-state index in [2.05, 4.69) is 19.1 Å². The summed E-state index contributed by atoms with van der Waals surface area (Å²) in [7, 11) is 0. The van der Waals surface area contributed by atoms with E-state index in [-0.39, 0.29) is 17.5 Å². The molecule has 7 atom stereocenters. The standard InChI is InChI=1S/C21H28O3/c1-13(22)24-14-5-10-21-12-20(21,11-14)9-6-15-16-3-4-18(23)19(16,2)8-7-17(15)21/h6,9,14-17H,3-5,7-8,10-12H2,1-2H3/t14-,15-,16-,17-,19-,20+,21-/m0/s1. The summed E-state index contributed by atoms with van der Waals surface area (Å²) in [6, 6.07) is 0. The first-order valence-electron chi connectivity index (χ1n) is 9.80. The minimum atomic E-state index is -0.139. The molecule has 0 aromatic rings. The molecule has 0 unspecified atom stereocenters. The zero-order valence-corrected chi connectivity index (χ0v) is 14.8. The predicted molar refractivity (Wildman–Crippen MR) is 90.1 cm³/mol. The zero-order chi connectivity index (χ0) is 16.7. The molecule has 0 amide bonds. The molecular formula is C21H28O3. The normalized spacial score (nSPS) is 54.3. The van der Waals surface area contributed by atoms with Crippen molar-refractivity contribution in [3.05, 3.63) is 12.2 Å². The van der Waals surface area contributed by atoms with Crippen LogP contribution in [0.2, 0.25) is 0 Å². The second kappa shape index (κ2) is 4.53. The number of hydrogen-bond acceptors (Lipinski definition) is 3. The summed E-state index contributed by atoms with van der Waals surface area (Å²) in [6.07, 6.45) is 13.8. The maximum Gasteiger partial charge on any atom is 0.302 e. The average molecular weight is 328 g/mol. The molecule has 5 aliphatic carbocycles. The number of rotatable bonds is 1. The van der Waals surface area contributed by atoms with Crippen molar-refractivity contribution in [3.8, 4) is 0 Å². The molecule has 5 aliphatic rings. The zero-order valence-electron chi connectivity index (χ0n) is 14.8. The number of fused-ring (bicyclic) bond motifs is 3. The molecule has 0 heterocycles. The van der Waals surface area contributed by atoms with Gasteiger partial charge in [0.05, 0.1) is 0 Å². The first kappa shape index (κ1) is 15.2. The average Bonchev–Trinajstić information content (AvgIpc) is 3.13. The summed E-state index contributed by atoms with van der Waals surface area (Å²) in [4.78, 5) is 23.8. The predicted octanol–water partition coefficient (Wildman–Crippen LogP) is 4.06. The summed E-state index contributed by atoms with van der Waals surface area (Å²) < 4.78 is 5.55. The third-order valence-electron chi connectivity index (χ3n) is 8.72. The molecule has 3 nitrogen and oxygen atoms in total. The Morgan fingerprint density at radius 3 is 2.83 bits per heavy atom. The van der Waals surface area contributed by atoms with Crippen molar-refractivity contribution in [2.24, 2.45) is 34.0 Å².